The lowest BCUT2D eigenvalue weighted by atomic mass is 9.99. The first-order valence-corrected chi connectivity index (χ1v) is 7.23. The van der Waals surface area contributed by atoms with E-state index in [1.807, 2.05) is 11.6 Å². The standard InChI is InChI=1S/C15H23N3O/c1-11-4-5-13-14(10-11)18(15(19)17(13)3)12-6-8-16(2)9-7-12/h10,12H,4-9H2,1-3H3. The maximum absolute atomic E-state index is 12.5. The molecule has 3 rings (SSSR count). The molecule has 104 valence electrons. The highest BCUT2D eigenvalue weighted by Crippen LogP contribution is 2.28. The number of hydrogen-bond donors (Lipinski definition) is 0. The van der Waals surface area contributed by atoms with Crippen LogP contribution in [-0.2, 0) is 13.5 Å². The van der Waals surface area contributed by atoms with Crippen molar-refractivity contribution in [2.45, 2.75) is 38.6 Å². The molecule has 2 aliphatic rings. The van der Waals surface area contributed by atoms with Crippen LogP contribution in [0, 0.1) is 0 Å². The van der Waals surface area contributed by atoms with E-state index in [1.54, 1.807) is 0 Å². The Morgan fingerprint density at radius 1 is 1.16 bits per heavy atom. The Hall–Kier alpha value is -1.29. The summed E-state index contributed by atoms with van der Waals surface area (Å²) in [6.07, 6.45) is 6.47. The molecular weight excluding hydrogens is 238 g/mol. The predicted molar refractivity (Wildman–Crippen MR) is 77.4 cm³/mol. The third-order valence-corrected chi connectivity index (χ3v) is 4.65. The Morgan fingerprint density at radius 2 is 1.84 bits per heavy atom. The van der Waals surface area contributed by atoms with Crippen LogP contribution in [0.3, 0.4) is 0 Å². The molecule has 0 unspecified atom stereocenters. The molecule has 0 radical (unpaired) electrons. The molecule has 0 atom stereocenters. The number of fused-ring (bicyclic) bond motifs is 1. The normalized spacial score (nSPS) is 21.3. The smallest absolute Gasteiger partial charge is 0.306 e. The molecule has 4 heteroatoms. The van der Waals surface area contributed by atoms with Crippen LogP contribution in [0.5, 0.6) is 0 Å². The lowest BCUT2D eigenvalue weighted by Crippen LogP contribution is -2.36. The van der Waals surface area contributed by atoms with Crippen molar-refractivity contribution in [2.75, 3.05) is 20.1 Å². The number of hydrogen-bond acceptors (Lipinski definition) is 2. The van der Waals surface area contributed by atoms with Crippen molar-refractivity contribution in [1.82, 2.24) is 14.0 Å². The fraction of sp³-hybridized carbons (Fsp3) is 0.667. The minimum Gasteiger partial charge on any atom is -0.306 e. The first-order chi connectivity index (χ1) is 9.08. The molecule has 0 saturated carbocycles. The summed E-state index contributed by atoms with van der Waals surface area (Å²) in [6, 6.07) is 0.376. The highest BCUT2D eigenvalue weighted by Gasteiger charge is 2.26. The molecule has 0 N–H and O–H groups in total. The molecule has 1 aliphatic carbocycles. The van der Waals surface area contributed by atoms with Gasteiger partial charge in [0, 0.05) is 18.8 Å². The number of likely N-dealkylation sites (tertiary alicyclic amines) is 1. The topological polar surface area (TPSA) is 30.2 Å². The summed E-state index contributed by atoms with van der Waals surface area (Å²) in [4.78, 5) is 14.9. The lowest BCUT2D eigenvalue weighted by Gasteiger charge is -2.30. The molecule has 1 fully saturated rings. The molecular formula is C15H23N3O. The van der Waals surface area contributed by atoms with Crippen LogP contribution in [0.2, 0.25) is 0 Å². The summed E-state index contributed by atoms with van der Waals surface area (Å²) in [5.41, 5.74) is 3.95. The van der Waals surface area contributed by atoms with Gasteiger partial charge in [0.25, 0.3) is 0 Å². The molecule has 0 aromatic carbocycles. The second-order valence-corrected chi connectivity index (χ2v) is 6.07. The fourth-order valence-corrected chi connectivity index (χ4v) is 3.37. The van der Waals surface area contributed by atoms with Crippen LogP contribution in [0.15, 0.2) is 10.4 Å². The molecule has 1 aromatic rings. The average Bonchev–Trinajstić information content (AvgIpc) is 2.63. The summed E-state index contributed by atoms with van der Waals surface area (Å²) in [5, 5.41) is 0. The van der Waals surface area contributed by atoms with Gasteiger partial charge in [0.15, 0.2) is 0 Å². The number of rotatable bonds is 1. The van der Waals surface area contributed by atoms with Crippen LogP contribution < -0.4 is 5.69 Å². The quantitative estimate of drug-likeness (QED) is 0.771. The van der Waals surface area contributed by atoms with Crippen molar-refractivity contribution >= 4 is 6.08 Å². The fourth-order valence-electron chi connectivity index (χ4n) is 3.37. The lowest BCUT2D eigenvalue weighted by molar-refractivity contribution is 0.218. The van der Waals surface area contributed by atoms with Gasteiger partial charge < -0.3 is 4.90 Å². The van der Waals surface area contributed by atoms with E-state index in [4.69, 9.17) is 0 Å². The van der Waals surface area contributed by atoms with Crippen LogP contribution in [0.25, 0.3) is 6.08 Å². The maximum atomic E-state index is 12.5. The maximum Gasteiger partial charge on any atom is 0.328 e. The zero-order chi connectivity index (χ0) is 13.6. The van der Waals surface area contributed by atoms with E-state index in [2.05, 4.69) is 29.5 Å². The highest BCUT2D eigenvalue weighted by molar-refractivity contribution is 5.55. The largest absolute Gasteiger partial charge is 0.328 e. The van der Waals surface area contributed by atoms with Crippen LogP contribution >= 0.6 is 0 Å². The van der Waals surface area contributed by atoms with Gasteiger partial charge in [-0.05, 0) is 58.8 Å². The van der Waals surface area contributed by atoms with Gasteiger partial charge in [-0.2, -0.15) is 0 Å². The van der Waals surface area contributed by atoms with Gasteiger partial charge in [-0.1, -0.05) is 5.57 Å². The van der Waals surface area contributed by atoms with Gasteiger partial charge in [0.1, 0.15) is 0 Å². The Labute approximate surface area is 114 Å². The minimum atomic E-state index is 0.172. The van der Waals surface area contributed by atoms with E-state index in [0.717, 1.165) is 38.8 Å². The zero-order valence-electron chi connectivity index (χ0n) is 12.1. The van der Waals surface area contributed by atoms with E-state index in [1.165, 1.54) is 17.0 Å². The van der Waals surface area contributed by atoms with Gasteiger partial charge in [-0.3, -0.25) is 9.13 Å². The van der Waals surface area contributed by atoms with Gasteiger partial charge in [-0.25, -0.2) is 4.79 Å². The van der Waals surface area contributed by atoms with Crippen LogP contribution in [0.4, 0.5) is 0 Å². The van der Waals surface area contributed by atoms with Crippen LogP contribution in [0.1, 0.15) is 43.6 Å². The van der Waals surface area contributed by atoms with E-state index >= 15 is 0 Å². The van der Waals surface area contributed by atoms with Gasteiger partial charge in [-0.15, -0.1) is 0 Å². The summed E-state index contributed by atoms with van der Waals surface area (Å²) >= 11 is 0. The summed E-state index contributed by atoms with van der Waals surface area (Å²) in [5.74, 6) is 0. The van der Waals surface area contributed by atoms with Gasteiger partial charge >= 0.3 is 5.69 Å². The van der Waals surface area contributed by atoms with Crippen molar-refractivity contribution < 1.29 is 0 Å². The molecule has 1 saturated heterocycles. The van der Waals surface area contributed by atoms with Crippen molar-refractivity contribution in [3.63, 3.8) is 0 Å². The summed E-state index contributed by atoms with van der Waals surface area (Å²) in [7, 11) is 4.07. The third kappa shape index (κ3) is 2.08. The number of piperidine rings is 1. The monoisotopic (exact) mass is 261 g/mol. The second kappa shape index (κ2) is 4.67. The van der Waals surface area contributed by atoms with Crippen molar-refractivity contribution in [3.05, 3.63) is 27.4 Å². The second-order valence-electron chi connectivity index (χ2n) is 6.07. The number of aromatic nitrogens is 2. The Bertz CT molecular complexity index is 571. The zero-order valence-corrected chi connectivity index (χ0v) is 12.1. The van der Waals surface area contributed by atoms with Crippen molar-refractivity contribution in [3.8, 4) is 0 Å². The van der Waals surface area contributed by atoms with Crippen molar-refractivity contribution in [1.29, 1.82) is 0 Å². The molecule has 0 spiro atoms. The average molecular weight is 261 g/mol. The van der Waals surface area contributed by atoms with E-state index in [9.17, 15) is 4.79 Å². The molecule has 0 amide bonds. The predicted octanol–water partition coefficient (Wildman–Crippen LogP) is 1.80. The molecule has 1 aliphatic heterocycles. The Kier molecular flexibility index (Phi) is 3.13. The van der Waals surface area contributed by atoms with E-state index in [-0.39, 0.29) is 5.69 Å². The first-order valence-electron chi connectivity index (χ1n) is 7.23. The number of imidazole rings is 1. The van der Waals surface area contributed by atoms with Crippen molar-refractivity contribution in [2.24, 2.45) is 7.05 Å². The molecule has 19 heavy (non-hydrogen) atoms. The van der Waals surface area contributed by atoms with Gasteiger partial charge in [0.05, 0.1) is 5.69 Å². The molecule has 1 aromatic heterocycles. The number of allylic oxidation sites excluding steroid dienone is 1. The summed E-state index contributed by atoms with van der Waals surface area (Å²) < 4.78 is 3.92. The Balaban J connectivity index is 2.05. The van der Waals surface area contributed by atoms with E-state index < -0.39 is 0 Å². The van der Waals surface area contributed by atoms with E-state index in [0.29, 0.717) is 6.04 Å². The minimum absolute atomic E-state index is 0.172. The SMILES string of the molecule is CC1=Cc2c(n(C)c(=O)n2C2CCN(C)CC2)CC1. The Morgan fingerprint density at radius 3 is 2.53 bits per heavy atom. The molecule has 2 heterocycles. The first kappa shape index (κ1) is 12.7. The van der Waals surface area contributed by atoms with Crippen LogP contribution in [-0.4, -0.2) is 34.2 Å². The highest BCUT2D eigenvalue weighted by atomic mass is 16.1. The van der Waals surface area contributed by atoms with Gasteiger partial charge in [0.2, 0.25) is 0 Å². The molecule has 4 nitrogen and oxygen atoms in total. The third-order valence-electron chi connectivity index (χ3n) is 4.65. The summed E-state index contributed by atoms with van der Waals surface area (Å²) in [6.45, 7) is 4.34. The molecule has 0 bridgehead atoms. The number of nitrogens with zero attached hydrogens (tertiary/aromatic N) is 3.